The molecule has 0 fully saturated rings. The van der Waals surface area contributed by atoms with E-state index in [2.05, 4.69) is 0 Å². The first-order valence-electron chi connectivity index (χ1n) is 4.67. The first kappa shape index (κ1) is 11.5. The third-order valence-electron chi connectivity index (χ3n) is 1.98. The zero-order valence-corrected chi connectivity index (χ0v) is 8.77. The summed E-state index contributed by atoms with van der Waals surface area (Å²) >= 11 is 0. The number of hydrogen-bond donors (Lipinski definition) is 1. The van der Waals surface area contributed by atoms with E-state index in [1.807, 2.05) is 0 Å². The number of methoxy groups -OCH3 is 1. The molecule has 0 spiro atoms. The highest BCUT2D eigenvalue weighted by atomic mass is 16.5. The van der Waals surface area contributed by atoms with Gasteiger partial charge in [0.1, 0.15) is 5.75 Å². The number of carboxylic acids is 1. The van der Waals surface area contributed by atoms with E-state index >= 15 is 0 Å². The summed E-state index contributed by atoms with van der Waals surface area (Å²) < 4.78 is 10.1. The summed E-state index contributed by atoms with van der Waals surface area (Å²) in [5.74, 6) is -0.290. The first-order valence-corrected chi connectivity index (χ1v) is 4.67. The van der Waals surface area contributed by atoms with Crippen molar-refractivity contribution < 1.29 is 19.4 Å². The number of hydrogen-bond acceptors (Lipinski definition) is 3. The molecule has 0 saturated carbocycles. The molecule has 0 aromatic heterocycles. The maximum Gasteiger partial charge on any atom is 0.337 e. The molecule has 4 heteroatoms. The lowest BCUT2D eigenvalue weighted by Gasteiger charge is -2.12. The normalized spacial score (nSPS) is 12.1. The van der Waals surface area contributed by atoms with Crippen LogP contribution in [0, 0.1) is 0 Å². The average molecular weight is 210 g/mol. The maximum absolute atomic E-state index is 10.9. The Hall–Kier alpha value is -1.55. The Balaban J connectivity index is 2.86. The van der Waals surface area contributed by atoms with E-state index in [0.29, 0.717) is 17.9 Å². The third-order valence-corrected chi connectivity index (χ3v) is 1.98. The van der Waals surface area contributed by atoms with E-state index in [0.717, 1.165) is 0 Å². The summed E-state index contributed by atoms with van der Waals surface area (Å²) in [7, 11) is 1.56. The average Bonchev–Trinajstić information content (AvgIpc) is 2.26. The van der Waals surface area contributed by atoms with Gasteiger partial charge in [0.15, 0.2) is 6.10 Å². The molecule has 1 aromatic rings. The Morgan fingerprint density at radius 1 is 1.40 bits per heavy atom. The Labute approximate surface area is 88.4 Å². The van der Waals surface area contributed by atoms with Crippen LogP contribution in [0.15, 0.2) is 24.3 Å². The summed E-state index contributed by atoms with van der Waals surface area (Å²) in [5, 5.41) is 8.93. The van der Waals surface area contributed by atoms with Crippen LogP contribution in [0.3, 0.4) is 0 Å². The van der Waals surface area contributed by atoms with E-state index in [1.165, 1.54) is 0 Å². The molecule has 0 radical (unpaired) electrons. The fourth-order valence-electron chi connectivity index (χ4n) is 1.26. The minimum absolute atomic E-state index is 0.364. The van der Waals surface area contributed by atoms with Gasteiger partial charge in [-0.3, -0.25) is 0 Å². The van der Waals surface area contributed by atoms with Crippen molar-refractivity contribution in [2.24, 2.45) is 0 Å². The van der Waals surface area contributed by atoms with Crippen molar-refractivity contribution in [3.05, 3.63) is 29.8 Å². The summed E-state index contributed by atoms with van der Waals surface area (Å²) in [5.41, 5.74) is 0.616. The van der Waals surface area contributed by atoms with Gasteiger partial charge in [-0.2, -0.15) is 0 Å². The van der Waals surface area contributed by atoms with E-state index in [9.17, 15) is 4.79 Å². The fourth-order valence-corrected chi connectivity index (χ4v) is 1.26. The van der Waals surface area contributed by atoms with Gasteiger partial charge < -0.3 is 14.6 Å². The predicted molar refractivity (Wildman–Crippen MR) is 55.0 cm³/mol. The number of ether oxygens (including phenoxy) is 2. The molecule has 0 bridgehead atoms. The smallest absolute Gasteiger partial charge is 0.337 e. The van der Waals surface area contributed by atoms with Crippen LogP contribution in [0.2, 0.25) is 0 Å². The number of aliphatic carboxylic acids is 1. The van der Waals surface area contributed by atoms with Crippen molar-refractivity contribution in [3.8, 4) is 5.75 Å². The predicted octanol–water partition coefficient (Wildman–Crippen LogP) is 1.86. The molecule has 0 aliphatic rings. The molecule has 0 amide bonds. The number of benzene rings is 1. The Morgan fingerprint density at radius 2 is 2.00 bits per heavy atom. The van der Waals surface area contributed by atoms with E-state index in [4.69, 9.17) is 14.6 Å². The van der Waals surface area contributed by atoms with Gasteiger partial charge in [-0.1, -0.05) is 12.1 Å². The Morgan fingerprint density at radius 3 is 2.40 bits per heavy atom. The van der Waals surface area contributed by atoms with Crippen molar-refractivity contribution in [1.82, 2.24) is 0 Å². The number of rotatable bonds is 5. The van der Waals surface area contributed by atoms with Crippen LogP contribution in [0.5, 0.6) is 5.75 Å². The standard InChI is InChI=1S/C11H14O4/c1-3-15-10(11(12)13)8-4-6-9(14-2)7-5-8/h4-7,10H,3H2,1-2H3,(H,12,13). The minimum atomic E-state index is -0.984. The van der Waals surface area contributed by atoms with Crippen molar-refractivity contribution in [2.75, 3.05) is 13.7 Å². The molecule has 1 aromatic carbocycles. The second-order valence-corrected chi connectivity index (χ2v) is 2.95. The van der Waals surface area contributed by atoms with Gasteiger partial charge in [0, 0.05) is 6.61 Å². The number of carbonyl (C=O) groups is 1. The van der Waals surface area contributed by atoms with Gasteiger partial charge in [0.05, 0.1) is 7.11 Å². The van der Waals surface area contributed by atoms with Crippen molar-refractivity contribution in [2.45, 2.75) is 13.0 Å². The fraction of sp³-hybridized carbons (Fsp3) is 0.364. The molecular weight excluding hydrogens is 196 g/mol. The third kappa shape index (κ3) is 2.95. The summed E-state index contributed by atoms with van der Waals surface area (Å²) in [6, 6.07) is 6.80. The monoisotopic (exact) mass is 210 g/mol. The minimum Gasteiger partial charge on any atom is -0.497 e. The molecule has 4 nitrogen and oxygen atoms in total. The van der Waals surface area contributed by atoms with E-state index < -0.39 is 12.1 Å². The van der Waals surface area contributed by atoms with Gasteiger partial charge in [-0.05, 0) is 24.6 Å². The molecule has 1 unspecified atom stereocenters. The highest BCUT2D eigenvalue weighted by Gasteiger charge is 2.19. The summed E-state index contributed by atoms with van der Waals surface area (Å²) in [6.45, 7) is 2.13. The molecule has 82 valence electrons. The highest BCUT2D eigenvalue weighted by Crippen LogP contribution is 2.20. The molecule has 0 saturated heterocycles. The molecule has 1 rings (SSSR count). The van der Waals surface area contributed by atoms with E-state index in [1.54, 1.807) is 38.3 Å². The molecule has 1 N–H and O–H groups in total. The summed E-state index contributed by atoms with van der Waals surface area (Å²) in [6.07, 6.45) is -0.902. The molecule has 15 heavy (non-hydrogen) atoms. The van der Waals surface area contributed by atoms with Gasteiger partial charge in [0.25, 0.3) is 0 Å². The first-order chi connectivity index (χ1) is 7.19. The van der Waals surface area contributed by atoms with Crippen molar-refractivity contribution in [3.63, 3.8) is 0 Å². The van der Waals surface area contributed by atoms with Crippen molar-refractivity contribution >= 4 is 5.97 Å². The van der Waals surface area contributed by atoms with Gasteiger partial charge in [0.2, 0.25) is 0 Å². The van der Waals surface area contributed by atoms with E-state index in [-0.39, 0.29) is 0 Å². The molecular formula is C11H14O4. The molecule has 0 heterocycles. The zero-order valence-electron chi connectivity index (χ0n) is 8.77. The van der Waals surface area contributed by atoms with Gasteiger partial charge >= 0.3 is 5.97 Å². The van der Waals surface area contributed by atoms with Crippen LogP contribution in [-0.4, -0.2) is 24.8 Å². The molecule has 0 aliphatic carbocycles. The zero-order chi connectivity index (χ0) is 11.3. The lowest BCUT2D eigenvalue weighted by atomic mass is 10.1. The Bertz CT molecular complexity index is 318. The lowest BCUT2D eigenvalue weighted by Crippen LogP contribution is -2.15. The SMILES string of the molecule is CCOC(C(=O)O)c1ccc(OC)cc1. The van der Waals surface area contributed by atoms with Crippen LogP contribution in [0.4, 0.5) is 0 Å². The van der Waals surface area contributed by atoms with Crippen LogP contribution < -0.4 is 4.74 Å². The second-order valence-electron chi connectivity index (χ2n) is 2.95. The highest BCUT2D eigenvalue weighted by molar-refractivity contribution is 5.74. The molecule has 0 aliphatic heterocycles. The van der Waals surface area contributed by atoms with Gasteiger partial charge in [-0.15, -0.1) is 0 Å². The van der Waals surface area contributed by atoms with Crippen LogP contribution in [-0.2, 0) is 9.53 Å². The number of carboxylic acid groups (broad SMARTS) is 1. The topological polar surface area (TPSA) is 55.8 Å². The maximum atomic E-state index is 10.9. The molecule has 1 atom stereocenters. The Kier molecular flexibility index (Phi) is 4.12. The lowest BCUT2D eigenvalue weighted by molar-refractivity contribution is -0.150. The largest absolute Gasteiger partial charge is 0.497 e. The second kappa shape index (κ2) is 5.36. The van der Waals surface area contributed by atoms with Crippen LogP contribution in [0.1, 0.15) is 18.6 Å². The quantitative estimate of drug-likeness (QED) is 0.805. The van der Waals surface area contributed by atoms with Gasteiger partial charge in [-0.25, -0.2) is 4.79 Å². The van der Waals surface area contributed by atoms with Crippen molar-refractivity contribution in [1.29, 1.82) is 0 Å². The van der Waals surface area contributed by atoms with Crippen LogP contribution >= 0.6 is 0 Å². The summed E-state index contributed by atoms with van der Waals surface area (Å²) in [4.78, 5) is 10.9. The van der Waals surface area contributed by atoms with Crippen LogP contribution in [0.25, 0.3) is 0 Å².